The van der Waals surface area contributed by atoms with E-state index in [4.69, 9.17) is 30.4 Å². The lowest BCUT2D eigenvalue weighted by Gasteiger charge is -2.33. The van der Waals surface area contributed by atoms with Crippen molar-refractivity contribution in [2.75, 3.05) is 134 Å². The highest BCUT2D eigenvalue weighted by Gasteiger charge is 2.54. The molecule has 7 aliphatic heterocycles. The molecule has 3 amide bonds. The zero-order valence-corrected chi connectivity index (χ0v) is 83.4. The summed E-state index contributed by atoms with van der Waals surface area (Å²) in [4.78, 5) is 100. The van der Waals surface area contributed by atoms with Gasteiger partial charge in [0.2, 0.25) is 0 Å². The number of hydrogen-bond acceptors (Lipinski definition) is 22. The first kappa shape index (κ1) is 108. The topological polar surface area (TPSA) is 276 Å². The number of nitrogens with zero attached hydrogens (tertiary/aromatic N) is 11. The number of nitrogens with one attached hydrogen (secondary N) is 5. The van der Waals surface area contributed by atoms with Crippen molar-refractivity contribution in [1.82, 2.24) is 65.0 Å². The van der Waals surface area contributed by atoms with Crippen LogP contribution in [0.3, 0.4) is 0 Å². The summed E-state index contributed by atoms with van der Waals surface area (Å²) in [5.41, 5.74) is -0.965. The van der Waals surface area contributed by atoms with Gasteiger partial charge in [0.05, 0.1) is 55.8 Å². The van der Waals surface area contributed by atoms with Gasteiger partial charge in [0.1, 0.15) is 16.4 Å². The van der Waals surface area contributed by atoms with Gasteiger partial charge in [-0.3, -0.25) is 29.3 Å². The molecule has 7 aliphatic rings. The number of carbonyl (C=O) groups is 5. The van der Waals surface area contributed by atoms with Crippen molar-refractivity contribution < 1.29 is 82.3 Å². The highest BCUT2D eigenvalue weighted by molar-refractivity contribution is 6.62. The van der Waals surface area contributed by atoms with E-state index in [-0.39, 0.29) is 87.0 Å². The first-order chi connectivity index (χ1) is 67.0. The molecule has 36 heteroatoms. The van der Waals surface area contributed by atoms with Crippen LogP contribution in [0, 0.1) is 11.8 Å². The molecule has 0 atom stereocenters. The molecular weight excluding hydrogens is 1850 g/mol. The first-order valence-electron chi connectivity index (χ1n) is 49.8. The number of alkyl halides is 9. The van der Waals surface area contributed by atoms with Crippen LogP contribution in [-0.2, 0) is 37.3 Å². The Bertz CT molecular complexity index is 5710. The number of ketones is 2. The molecule has 141 heavy (non-hydrogen) atoms. The Balaban J connectivity index is 0.000000163. The molecule has 0 radical (unpaired) electrons. The van der Waals surface area contributed by atoms with Gasteiger partial charge in [0, 0.05) is 163 Å². The maximum Gasteiger partial charge on any atom is 0.495 e. The summed E-state index contributed by atoms with van der Waals surface area (Å²) in [5.74, 6) is -1.02. The third kappa shape index (κ3) is 30.8. The maximum atomic E-state index is 14.5. The lowest BCUT2D eigenvalue weighted by Crippen LogP contribution is -2.48. The summed E-state index contributed by atoms with van der Waals surface area (Å²) in [6.07, 6.45) is 14.0. The monoisotopic (exact) mass is 1980 g/mol. The number of benzene rings is 3. The molecule has 9 aromatic rings. The SMILES string of the molecule is CC(C)(C)OC(=O)N1CCC(CC(=O)c2ccc(-c3cc(NCCCN4CCCCC4)c4cnccc4n3)c(C(F)(F)F)c2)CC1.CC(C)(C)OC(=O)N1CCC(NC(=O)c2ccc(B3OC(C)(C)C(C)(C)O3)c(C(F)(F)F)c2)CC1.Clc1cc(NCCCN2CCCCC2)c2cnccc2n1.O=C(CC1CCNCC1)c1ccc(-c2cc(NCCCN3CCCCC3)c3cnccc3n2)c(C(F)(F)F)c1. The average Bonchev–Trinajstić information content (AvgIpc) is 1.62. The summed E-state index contributed by atoms with van der Waals surface area (Å²) >= 11 is 6.08. The van der Waals surface area contributed by atoms with Crippen molar-refractivity contribution in [2.45, 2.75) is 245 Å². The second-order valence-electron chi connectivity index (χ2n) is 40.8. The second-order valence-corrected chi connectivity index (χ2v) is 41.2. The summed E-state index contributed by atoms with van der Waals surface area (Å²) in [5, 5.41) is 19.4. The minimum atomic E-state index is -4.70. The van der Waals surface area contributed by atoms with Crippen LogP contribution in [0.15, 0.2) is 128 Å². The van der Waals surface area contributed by atoms with Crippen LogP contribution in [0.4, 0.5) is 66.2 Å². The van der Waals surface area contributed by atoms with Gasteiger partial charge >= 0.3 is 37.8 Å². The lowest BCUT2D eigenvalue weighted by atomic mass is 9.75. The van der Waals surface area contributed by atoms with Gasteiger partial charge in [0.25, 0.3) is 5.91 Å². The predicted octanol–water partition coefficient (Wildman–Crippen LogP) is 21.7. The number of pyridine rings is 6. The zero-order chi connectivity index (χ0) is 101. The third-order valence-corrected chi connectivity index (χ3v) is 27.4. The van der Waals surface area contributed by atoms with Crippen molar-refractivity contribution in [3.8, 4) is 22.5 Å². The van der Waals surface area contributed by atoms with E-state index in [0.717, 1.165) is 137 Å². The third-order valence-electron chi connectivity index (χ3n) is 27.2. The number of halogens is 10. The average molecular weight is 1980 g/mol. The molecule has 6 aromatic heterocycles. The molecule has 0 unspecified atom stereocenters. The fraction of sp³-hybridized carbons (Fsp3) is 0.552. The van der Waals surface area contributed by atoms with E-state index in [0.29, 0.717) is 92.5 Å². The van der Waals surface area contributed by atoms with Crippen LogP contribution >= 0.6 is 11.6 Å². The Labute approximate surface area is 826 Å². The molecule has 0 bridgehead atoms. The molecule has 16 rings (SSSR count). The van der Waals surface area contributed by atoms with Crippen LogP contribution in [0.1, 0.15) is 245 Å². The number of fused-ring (bicyclic) bond motifs is 3. The summed E-state index contributed by atoms with van der Waals surface area (Å²) in [6, 6.07) is 21.3. The lowest BCUT2D eigenvalue weighted by molar-refractivity contribution is -0.137. The van der Waals surface area contributed by atoms with Gasteiger partial charge in [0.15, 0.2) is 11.6 Å². The number of aromatic nitrogens is 6. The Morgan fingerprint density at radius 2 is 0.809 bits per heavy atom. The predicted molar refractivity (Wildman–Crippen MR) is 534 cm³/mol. The Morgan fingerprint density at radius 1 is 0.447 bits per heavy atom. The molecule has 0 saturated carbocycles. The molecule has 3 aromatic carbocycles. The number of likely N-dealkylation sites (tertiary alicyclic amines) is 5. The van der Waals surface area contributed by atoms with Crippen LogP contribution < -0.4 is 32.0 Å². The van der Waals surface area contributed by atoms with Crippen LogP contribution in [0.25, 0.3) is 55.2 Å². The summed E-state index contributed by atoms with van der Waals surface area (Å²) < 4.78 is 151. The van der Waals surface area contributed by atoms with Gasteiger partial charge in [-0.15, -0.1) is 0 Å². The number of Topliss-reactive ketones (excluding diaryl/α,β-unsaturated/α-hetero) is 2. The van der Waals surface area contributed by atoms with E-state index in [9.17, 15) is 63.5 Å². The van der Waals surface area contributed by atoms with Gasteiger partial charge in [-0.2, -0.15) is 39.5 Å². The van der Waals surface area contributed by atoms with Crippen molar-refractivity contribution in [1.29, 1.82) is 0 Å². The van der Waals surface area contributed by atoms with Gasteiger partial charge in [-0.25, -0.2) is 24.5 Å². The molecule has 0 spiro atoms. The fourth-order valence-electron chi connectivity index (χ4n) is 18.8. The minimum Gasteiger partial charge on any atom is -0.444 e. The van der Waals surface area contributed by atoms with Gasteiger partial charge in [-0.1, -0.05) is 61.2 Å². The molecular formula is C105H135BClF9N16O9. The molecule has 13 heterocycles. The Morgan fingerprint density at radius 3 is 1.20 bits per heavy atom. The fourth-order valence-corrected chi connectivity index (χ4v) is 19.0. The van der Waals surface area contributed by atoms with Crippen molar-refractivity contribution >= 4 is 104 Å². The number of ether oxygens (including phenoxy) is 2. The number of amides is 3. The van der Waals surface area contributed by atoms with E-state index >= 15 is 0 Å². The van der Waals surface area contributed by atoms with Gasteiger partial charge < -0.3 is 69.9 Å². The van der Waals surface area contributed by atoms with Crippen LogP contribution in [0.5, 0.6) is 0 Å². The number of anilines is 3. The van der Waals surface area contributed by atoms with E-state index in [1.807, 2.05) is 18.3 Å². The number of carbonyl (C=O) groups excluding carboxylic acids is 5. The zero-order valence-electron chi connectivity index (χ0n) is 82.7. The molecule has 25 nitrogen and oxygen atoms in total. The van der Waals surface area contributed by atoms with E-state index in [2.05, 4.69) is 71.2 Å². The molecule has 7 fully saturated rings. The van der Waals surface area contributed by atoms with E-state index in [1.165, 1.54) is 114 Å². The maximum absolute atomic E-state index is 14.5. The van der Waals surface area contributed by atoms with E-state index < -0.39 is 82.8 Å². The van der Waals surface area contributed by atoms with Crippen LogP contribution in [0.2, 0.25) is 5.15 Å². The second kappa shape index (κ2) is 48.3. The summed E-state index contributed by atoms with van der Waals surface area (Å²) in [7, 11) is -1.20. The quantitative estimate of drug-likeness (QED) is 0.0111. The molecule has 0 aliphatic carbocycles. The molecule has 5 N–H and O–H groups in total. The highest BCUT2D eigenvalue weighted by atomic mass is 35.5. The van der Waals surface area contributed by atoms with Crippen molar-refractivity contribution in [2.24, 2.45) is 11.8 Å². The Hall–Kier alpha value is -10.4. The largest absolute Gasteiger partial charge is 0.495 e. The van der Waals surface area contributed by atoms with Crippen LogP contribution in [-0.4, -0.2) is 237 Å². The van der Waals surface area contributed by atoms with E-state index in [1.54, 1.807) is 134 Å². The molecule has 7 saturated heterocycles. The van der Waals surface area contributed by atoms with Crippen molar-refractivity contribution in [3.05, 3.63) is 167 Å². The smallest absolute Gasteiger partial charge is 0.444 e. The standard InChI is InChI=1S/C35H44F3N5O3.C30H36F3N5O.C24H34BF3N2O5.C16H21ClN4/c1-34(2,3)46-33(45)43-18-11-24(12-19-43)20-32(44)25-8-9-26(28(21-25)35(36,37)38)31-22-30(27-23-39-14-10-29(27)41-31)40-13-7-17-42-15-5-4-6-16-42;31-30(32,33)25-18-22(29(39)17-21-7-11-34-12-8-21)5-6-23(25)28-19-27(24-20-35-13-9-26(24)37-28)36-10-4-16-38-14-2-1-3-15-38;1-21(2,3)33-20(32)30-12-10-16(11-13-30)29-19(31)15-8-9-18(17(14-15)24(26,27)28)25-34-22(4,5)23(6,7)35-25;17-16-11-15(13-12-18-7-5-14(13)20-16)19-6-4-10-21-8-2-1-3-9-21/h8-10,14,21-24H,4-7,11-13,15-20H2,1-3H3,(H,40,41);5-6,9,13,18-21,34H,1-4,7-8,10-12,14-17H2,(H,36,37);8-9,14,16H,10-13H2,1-7H3,(H,29,31);5,7,11-12H,1-4,6,8-10H2,(H,19,20). The Kier molecular flexibility index (Phi) is 37.0. The number of hydrogen-bond donors (Lipinski definition) is 5. The summed E-state index contributed by atoms with van der Waals surface area (Å²) in [6.45, 7) is 33.6. The highest BCUT2D eigenvalue weighted by Crippen LogP contribution is 2.44. The molecule has 762 valence electrons. The normalized spacial score (nSPS) is 17.9. The number of piperidine rings is 6. The van der Waals surface area contributed by atoms with Gasteiger partial charge in [-0.05, 0) is 316 Å². The van der Waals surface area contributed by atoms with Crippen molar-refractivity contribution in [3.63, 3.8) is 0 Å². The number of rotatable bonds is 26. The minimum absolute atomic E-state index is 0.0201. The first-order valence-corrected chi connectivity index (χ1v) is 50.2.